The van der Waals surface area contributed by atoms with Gasteiger partial charge < -0.3 is 11.1 Å². The van der Waals surface area contributed by atoms with Crippen molar-refractivity contribution >= 4 is 0 Å². The van der Waals surface area contributed by atoms with Gasteiger partial charge in [0.25, 0.3) is 0 Å². The van der Waals surface area contributed by atoms with E-state index >= 15 is 0 Å². The molecule has 1 aromatic rings. The van der Waals surface area contributed by atoms with Crippen LogP contribution in [-0.4, -0.2) is 12.6 Å². The Balaban J connectivity index is 2.67. The molecule has 5 heteroatoms. The van der Waals surface area contributed by atoms with Crippen LogP contribution in [0.5, 0.6) is 0 Å². The first kappa shape index (κ1) is 13.0. The zero-order valence-electron chi connectivity index (χ0n) is 9.06. The number of hydrogen-bond acceptors (Lipinski definition) is 2. The fraction of sp³-hybridized carbons (Fsp3) is 0.455. The minimum absolute atomic E-state index is 0.0269. The second-order valence-electron chi connectivity index (χ2n) is 3.71. The number of nitrogens with two attached hydrogens (primary N) is 1. The molecule has 16 heavy (non-hydrogen) atoms. The van der Waals surface area contributed by atoms with Crippen LogP contribution in [0.15, 0.2) is 12.1 Å². The van der Waals surface area contributed by atoms with Crippen molar-refractivity contribution in [3.63, 3.8) is 0 Å². The van der Waals surface area contributed by atoms with Crippen LogP contribution in [0.4, 0.5) is 13.2 Å². The summed E-state index contributed by atoms with van der Waals surface area (Å²) in [4.78, 5) is 0. The summed E-state index contributed by atoms with van der Waals surface area (Å²) in [6.45, 7) is 2.40. The lowest BCUT2D eigenvalue weighted by atomic mass is 10.1. The molecule has 0 saturated carbocycles. The molecule has 0 aliphatic heterocycles. The van der Waals surface area contributed by atoms with Crippen molar-refractivity contribution in [3.8, 4) is 0 Å². The maximum absolute atomic E-state index is 13.2. The van der Waals surface area contributed by atoms with Gasteiger partial charge in [-0.15, -0.1) is 0 Å². The number of halogens is 3. The summed E-state index contributed by atoms with van der Waals surface area (Å²) < 4.78 is 39.0. The predicted octanol–water partition coefficient (Wildman–Crippen LogP) is 1.93. The van der Waals surface area contributed by atoms with Crippen molar-refractivity contribution in [2.75, 3.05) is 6.54 Å². The summed E-state index contributed by atoms with van der Waals surface area (Å²) in [5.74, 6) is -2.65. The highest BCUT2D eigenvalue weighted by molar-refractivity contribution is 5.20. The van der Waals surface area contributed by atoms with Crippen molar-refractivity contribution in [2.45, 2.75) is 25.9 Å². The normalized spacial score (nSPS) is 12.8. The minimum Gasteiger partial charge on any atom is -0.330 e. The molecule has 0 spiro atoms. The molecule has 1 aromatic carbocycles. The van der Waals surface area contributed by atoms with Crippen molar-refractivity contribution in [2.24, 2.45) is 5.73 Å². The van der Waals surface area contributed by atoms with E-state index in [1.165, 1.54) is 0 Å². The van der Waals surface area contributed by atoms with E-state index in [-0.39, 0.29) is 18.2 Å². The van der Waals surface area contributed by atoms with Crippen LogP contribution < -0.4 is 11.1 Å². The first-order valence-electron chi connectivity index (χ1n) is 5.11. The number of rotatable bonds is 5. The molecular weight excluding hydrogens is 217 g/mol. The van der Waals surface area contributed by atoms with Crippen LogP contribution >= 0.6 is 0 Å². The van der Waals surface area contributed by atoms with Gasteiger partial charge in [-0.1, -0.05) is 0 Å². The van der Waals surface area contributed by atoms with Crippen LogP contribution in [-0.2, 0) is 6.54 Å². The van der Waals surface area contributed by atoms with E-state index in [4.69, 9.17) is 5.73 Å². The Hall–Kier alpha value is -1.07. The second kappa shape index (κ2) is 5.86. The SMILES string of the molecule is CC(CCN)NCc1c(F)cc(F)cc1F. The smallest absolute Gasteiger partial charge is 0.133 e. The summed E-state index contributed by atoms with van der Waals surface area (Å²) in [6.07, 6.45) is 0.713. The predicted molar refractivity (Wildman–Crippen MR) is 56.3 cm³/mol. The van der Waals surface area contributed by atoms with E-state index in [1.54, 1.807) is 0 Å². The lowest BCUT2D eigenvalue weighted by Gasteiger charge is -2.13. The van der Waals surface area contributed by atoms with Gasteiger partial charge >= 0.3 is 0 Å². The van der Waals surface area contributed by atoms with Gasteiger partial charge in [-0.05, 0) is 19.9 Å². The fourth-order valence-corrected chi connectivity index (χ4v) is 1.37. The van der Waals surface area contributed by atoms with Gasteiger partial charge in [0.2, 0.25) is 0 Å². The number of hydrogen-bond donors (Lipinski definition) is 2. The zero-order valence-corrected chi connectivity index (χ0v) is 9.06. The third kappa shape index (κ3) is 3.50. The van der Waals surface area contributed by atoms with E-state index in [2.05, 4.69) is 5.32 Å². The van der Waals surface area contributed by atoms with E-state index in [9.17, 15) is 13.2 Å². The highest BCUT2D eigenvalue weighted by Crippen LogP contribution is 2.14. The lowest BCUT2D eigenvalue weighted by Crippen LogP contribution is -2.28. The molecule has 0 amide bonds. The lowest BCUT2D eigenvalue weighted by molar-refractivity contribution is 0.477. The third-order valence-electron chi connectivity index (χ3n) is 2.33. The third-order valence-corrected chi connectivity index (χ3v) is 2.33. The monoisotopic (exact) mass is 232 g/mol. The van der Waals surface area contributed by atoms with Gasteiger partial charge in [-0.3, -0.25) is 0 Å². The second-order valence-corrected chi connectivity index (χ2v) is 3.71. The van der Waals surface area contributed by atoms with Crippen molar-refractivity contribution < 1.29 is 13.2 Å². The quantitative estimate of drug-likeness (QED) is 0.814. The Morgan fingerprint density at radius 1 is 1.25 bits per heavy atom. The molecule has 0 aliphatic rings. The summed E-state index contributed by atoms with van der Waals surface area (Å²) in [6, 6.07) is 1.41. The Morgan fingerprint density at radius 2 is 1.81 bits per heavy atom. The van der Waals surface area contributed by atoms with Crippen LogP contribution in [0.3, 0.4) is 0 Å². The molecule has 1 rings (SSSR count). The Labute approximate surface area is 92.6 Å². The molecule has 0 saturated heterocycles. The summed E-state index contributed by atoms with van der Waals surface area (Å²) >= 11 is 0. The van der Waals surface area contributed by atoms with Gasteiger partial charge in [0.15, 0.2) is 0 Å². The number of benzene rings is 1. The molecule has 0 radical (unpaired) electrons. The Bertz CT molecular complexity index is 332. The maximum Gasteiger partial charge on any atom is 0.133 e. The van der Waals surface area contributed by atoms with Crippen LogP contribution in [0, 0.1) is 17.5 Å². The molecule has 0 aromatic heterocycles. The van der Waals surface area contributed by atoms with Crippen molar-refractivity contribution in [3.05, 3.63) is 35.1 Å². The molecule has 0 heterocycles. The number of nitrogens with one attached hydrogen (secondary N) is 1. The minimum atomic E-state index is -0.909. The summed E-state index contributed by atoms with van der Waals surface area (Å²) in [5.41, 5.74) is 5.19. The molecule has 2 nitrogen and oxygen atoms in total. The van der Waals surface area contributed by atoms with Crippen LogP contribution in [0.2, 0.25) is 0 Å². The molecule has 0 fully saturated rings. The summed E-state index contributed by atoms with van der Waals surface area (Å²) in [5, 5.41) is 2.92. The van der Waals surface area contributed by atoms with Crippen LogP contribution in [0.1, 0.15) is 18.9 Å². The fourth-order valence-electron chi connectivity index (χ4n) is 1.37. The molecule has 0 aliphatic carbocycles. The first-order chi connectivity index (χ1) is 7.54. The maximum atomic E-state index is 13.2. The van der Waals surface area contributed by atoms with E-state index < -0.39 is 17.5 Å². The highest BCUT2D eigenvalue weighted by Gasteiger charge is 2.11. The van der Waals surface area contributed by atoms with Gasteiger partial charge in [0.1, 0.15) is 17.5 Å². The first-order valence-corrected chi connectivity index (χ1v) is 5.11. The Kier molecular flexibility index (Phi) is 4.76. The average Bonchev–Trinajstić information content (AvgIpc) is 2.16. The van der Waals surface area contributed by atoms with Gasteiger partial charge in [0, 0.05) is 30.3 Å². The van der Waals surface area contributed by atoms with Gasteiger partial charge in [-0.25, -0.2) is 13.2 Å². The summed E-state index contributed by atoms with van der Waals surface area (Å²) in [7, 11) is 0. The van der Waals surface area contributed by atoms with Gasteiger partial charge in [-0.2, -0.15) is 0 Å². The molecule has 3 N–H and O–H groups in total. The molecule has 90 valence electrons. The standard InChI is InChI=1S/C11H15F3N2/c1-7(2-3-15)16-6-9-10(13)4-8(12)5-11(9)14/h4-5,7,16H,2-3,6,15H2,1H3. The van der Waals surface area contributed by atoms with Gasteiger partial charge in [0.05, 0.1) is 0 Å². The zero-order chi connectivity index (χ0) is 12.1. The molecular formula is C11H15F3N2. The molecule has 0 bridgehead atoms. The van der Waals surface area contributed by atoms with E-state index in [0.717, 1.165) is 0 Å². The topological polar surface area (TPSA) is 38.0 Å². The molecule has 1 atom stereocenters. The molecule has 1 unspecified atom stereocenters. The van der Waals surface area contributed by atoms with E-state index in [1.807, 2.05) is 6.92 Å². The van der Waals surface area contributed by atoms with Crippen LogP contribution in [0.25, 0.3) is 0 Å². The van der Waals surface area contributed by atoms with E-state index in [0.29, 0.717) is 25.1 Å². The average molecular weight is 232 g/mol. The Morgan fingerprint density at radius 3 is 2.31 bits per heavy atom. The highest BCUT2D eigenvalue weighted by atomic mass is 19.1. The van der Waals surface area contributed by atoms with Crippen molar-refractivity contribution in [1.82, 2.24) is 5.32 Å². The largest absolute Gasteiger partial charge is 0.330 e. The van der Waals surface area contributed by atoms with Crippen molar-refractivity contribution in [1.29, 1.82) is 0 Å².